The van der Waals surface area contributed by atoms with Gasteiger partial charge in [0.05, 0.1) is 6.04 Å². The van der Waals surface area contributed by atoms with E-state index < -0.39 is 47.9 Å². The van der Waals surface area contributed by atoms with Crippen LogP contribution in [0, 0.1) is 11.8 Å². The first-order chi connectivity index (χ1) is 18.0. The number of nitrogens with one attached hydrogen (secondary N) is 3. The third-order valence-electron chi connectivity index (χ3n) is 6.12. The van der Waals surface area contributed by atoms with Crippen molar-refractivity contribution in [2.45, 2.75) is 71.1 Å². The molecule has 2 aromatic carbocycles. The lowest BCUT2D eigenvalue weighted by molar-refractivity contribution is -0.143. The average molecular weight is 525 g/mol. The van der Waals surface area contributed by atoms with E-state index in [9.17, 15) is 24.3 Å². The van der Waals surface area contributed by atoms with Crippen molar-refractivity contribution in [3.63, 3.8) is 0 Å². The lowest BCUT2D eigenvalue weighted by atomic mass is 9.99. The van der Waals surface area contributed by atoms with Gasteiger partial charge in [-0.25, -0.2) is 4.79 Å². The summed E-state index contributed by atoms with van der Waals surface area (Å²) < 4.78 is 0. The Morgan fingerprint density at radius 2 is 1.18 bits per heavy atom. The third kappa shape index (κ3) is 9.97. The number of hydrogen-bond acceptors (Lipinski definition) is 5. The molecule has 206 valence electrons. The third-order valence-corrected chi connectivity index (χ3v) is 6.12. The normalized spacial score (nSPS) is 14.3. The molecule has 0 aliphatic rings. The van der Waals surface area contributed by atoms with Crippen molar-refractivity contribution in [1.29, 1.82) is 0 Å². The Kier molecular flexibility index (Phi) is 11.9. The zero-order chi connectivity index (χ0) is 28.2. The molecule has 0 radical (unpaired) electrons. The first kappa shape index (κ1) is 30.5. The summed E-state index contributed by atoms with van der Waals surface area (Å²) in [5, 5.41) is 17.5. The molecule has 0 bridgehead atoms. The van der Waals surface area contributed by atoms with Crippen molar-refractivity contribution in [3.05, 3.63) is 71.8 Å². The van der Waals surface area contributed by atoms with Crippen LogP contribution in [0.4, 0.5) is 0 Å². The molecule has 0 aromatic heterocycles. The molecule has 38 heavy (non-hydrogen) atoms. The molecule has 3 amide bonds. The van der Waals surface area contributed by atoms with Crippen LogP contribution in [0.5, 0.6) is 0 Å². The Bertz CT molecular complexity index is 1060. The van der Waals surface area contributed by atoms with Crippen molar-refractivity contribution in [3.8, 4) is 0 Å². The Morgan fingerprint density at radius 1 is 0.711 bits per heavy atom. The Hall–Kier alpha value is -3.72. The summed E-state index contributed by atoms with van der Waals surface area (Å²) >= 11 is 0. The van der Waals surface area contributed by atoms with Crippen molar-refractivity contribution < 1.29 is 24.3 Å². The van der Waals surface area contributed by atoms with Gasteiger partial charge in [0.1, 0.15) is 18.1 Å². The maximum Gasteiger partial charge on any atom is 0.326 e. The van der Waals surface area contributed by atoms with E-state index in [1.165, 1.54) is 0 Å². The van der Waals surface area contributed by atoms with Crippen LogP contribution in [0.3, 0.4) is 0 Å². The fourth-order valence-corrected chi connectivity index (χ4v) is 4.04. The molecule has 2 rings (SSSR count). The van der Waals surface area contributed by atoms with Gasteiger partial charge in [-0.1, -0.05) is 88.4 Å². The number of hydrogen-bond donors (Lipinski definition) is 5. The summed E-state index contributed by atoms with van der Waals surface area (Å²) in [5.74, 6) is -3.08. The molecule has 0 fully saturated rings. The van der Waals surface area contributed by atoms with Crippen molar-refractivity contribution in [2.24, 2.45) is 17.6 Å². The monoisotopic (exact) mass is 524 g/mol. The lowest BCUT2D eigenvalue weighted by Crippen LogP contribution is -2.58. The highest BCUT2D eigenvalue weighted by Crippen LogP contribution is 2.10. The van der Waals surface area contributed by atoms with Gasteiger partial charge in [0.2, 0.25) is 17.7 Å². The van der Waals surface area contributed by atoms with Gasteiger partial charge in [0.25, 0.3) is 0 Å². The number of carbonyl (C=O) groups is 4. The zero-order valence-electron chi connectivity index (χ0n) is 22.5. The summed E-state index contributed by atoms with van der Waals surface area (Å²) in [6.45, 7) is 7.18. The first-order valence-corrected chi connectivity index (χ1v) is 12.9. The average Bonchev–Trinajstić information content (AvgIpc) is 2.86. The number of carboxylic acid groups (broad SMARTS) is 1. The minimum atomic E-state index is -1.15. The van der Waals surface area contributed by atoms with Gasteiger partial charge in [0.15, 0.2) is 0 Å². The summed E-state index contributed by atoms with van der Waals surface area (Å²) in [4.78, 5) is 51.1. The van der Waals surface area contributed by atoms with E-state index in [0.717, 1.165) is 11.1 Å². The Labute approximate surface area is 224 Å². The van der Waals surface area contributed by atoms with E-state index in [1.54, 1.807) is 13.8 Å². The Balaban J connectivity index is 2.21. The van der Waals surface area contributed by atoms with E-state index >= 15 is 0 Å². The van der Waals surface area contributed by atoms with Crippen LogP contribution in [0.15, 0.2) is 60.7 Å². The minimum absolute atomic E-state index is 0.0369. The van der Waals surface area contributed by atoms with Gasteiger partial charge >= 0.3 is 5.97 Å². The van der Waals surface area contributed by atoms with Gasteiger partial charge in [-0.05, 0) is 35.8 Å². The molecule has 9 nitrogen and oxygen atoms in total. The molecule has 0 aliphatic heterocycles. The topological polar surface area (TPSA) is 151 Å². The quantitative estimate of drug-likeness (QED) is 0.255. The van der Waals surface area contributed by atoms with Gasteiger partial charge in [-0.2, -0.15) is 0 Å². The van der Waals surface area contributed by atoms with E-state index in [2.05, 4.69) is 16.0 Å². The number of nitrogens with two attached hydrogens (primary N) is 1. The molecule has 6 N–H and O–H groups in total. The number of carbonyl (C=O) groups excluding carboxylic acids is 3. The summed E-state index contributed by atoms with van der Waals surface area (Å²) in [6.07, 6.45) is 0.786. The van der Waals surface area contributed by atoms with E-state index in [-0.39, 0.29) is 18.3 Å². The maximum atomic E-state index is 13.5. The molecule has 9 heteroatoms. The molecule has 0 spiro atoms. The highest BCUT2D eigenvalue weighted by atomic mass is 16.4. The van der Waals surface area contributed by atoms with Crippen LogP contribution < -0.4 is 21.7 Å². The second-order valence-electron chi connectivity index (χ2n) is 10.3. The van der Waals surface area contributed by atoms with Crippen LogP contribution in [0.25, 0.3) is 0 Å². The van der Waals surface area contributed by atoms with Crippen molar-refractivity contribution >= 4 is 23.7 Å². The largest absolute Gasteiger partial charge is 0.480 e. The first-order valence-electron chi connectivity index (χ1n) is 12.9. The molecule has 0 saturated heterocycles. The van der Waals surface area contributed by atoms with Gasteiger partial charge in [-0.3, -0.25) is 14.4 Å². The molecule has 4 unspecified atom stereocenters. The Morgan fingerprint density at radius 3 is 1.66 bits per heavy atom. The predicted molar refractivity (Wildman–Crippen MR) is 146 cm³/mol. The SMILES string of the molecule is CC(C)CC(NC(=O)C(Cc1ccccc1)NC(=O)C(N)Cc1ccccc1)C(=O)NC(C(=O)O)C(C)C. The second kappa shape index (κ2) is 14.9. The van der Waals surface area contributed by atoms with Crippen LogP contribution in [-0.4, -0.2) is 53.0 Å². The fourth-order valence-electron chi connectivity index (χ4n) is 4.04. The molecule has 0 saturated carbocycles. The van der Waals surface area contributed by atoms with Crippen LogP contribution >= 0.6 is 0 Å². The molecule has 0 heterocycles. The fraction of sp³-hybridized carbons (Fsp3) is 0.448. The van der Waals surface area contributed by atoms with Gasteiger partial charge in [-0.15, -0.1) is 0 Å². The van der Waals surface area contributed by atoms with E-state index in [0.29, 0.717) is 12.8 Å². The molecular weight excluding hydrogens is 484 g/mol. The highest BCUT2D eigenvalue weighted by Gasteiger charge is 2.31. The van der Waals surface area contributed by atoms with Crippen LogP contribution in [0.2, 0.25) is 0 Å². The smallest absolute Gasteiger partial charge is 0.326 e. The lowest BCUT2D eigenvalue weighted by Gasteiger charge is -2.27. The van der Waals surface area contributed by atoms with Crippen LogP contribution in [-0.2, 0) is 32.0 Å². The second-order valence-corrected chi connectivity index (χ2v) is 10.3. The van der Waals surface area contributed by atoms with E-state index in [4.69, 9.17) is 5.73 Å². The summed E-state index contributed by atoms with van der Waals surface area (Å²) in [6, 6.07) is 14.6. The molecule has 0 aliphatic carbocycles. The number of aliphatic carboxylic acids is 1. The van der Waals surface area contributed by atoms with Gasteiger partial charge < -0.3 is 26.8 Å². The maximum absolute atomic E-state index is 13.5. The number of rotatable bonds is 14. The number of carboxylic acids is 1. The molecular formula is C29H40N4O5. The highest BCUT2D eigenvalue weighted by molar-refractivity contribution is 5.94. The van der Waals surface area contributed by atoms with E-state index in [1.807, 2.05) is 74.5 Å². The van der Waals surface area contributed by atoms with Crippen molar-refractivity contribution in [1.82, 2.24) is 16.0 Å². The molecule has 2 aromatic rings. The zero-order valence-corrected chi connectivity index (χ0v) is 22.5. The number of amides is 3. The minimum Gasteiger partial charge on any atom is -0.480 e. The molecule has 4 atom stereocenters. The number of benzene rings is 2. The van der Waals surface area contributed by atoms with Crippen LogP contribution in [0.1, 0.15) is 45.2 Å². The standard InChI is InChI=1S/C29H40N4O5/c1-18(2)15-23(28(36)33-25(19(3)4)29(37)38)32-27(35)24(17-21-13-9-6-10-14-21)31-26(34)22(30)16-20-11-7-5-8-12-20/h5-14,18-19,22-25H,15-17,30H2,1-4H3,(H,31,34)(H,32,35)(H,33,36)(H,37,38). The predicted octanol–water partition coefficient (Wildman–Crippen LogP) is 2.04. The summed E-state index contributed by atoms with van der Waals surface area (Å²) in [7, 11) is 0. The van der Waals surface area contributed by atoms with Gasteiger partial charge in [0, 0.05) is 6.42 Å². The summed E-state index contributed by atoms with van der Waals surface area (Å²) in [5.41, 5.74) is 7.87. The van der Waals surface area contributed by atoms with Crippen molar-refractivity contribution in [2.75, 3.05) is 0 Å².